The van der Waals surface area contributed by atoms with E-state index in [2.05, 4.69) is 4.90 Å². The number of esters is 1. The molecular weight excluding hydrogens is 360 g/mol. The topological polar surface area (TPSA) is 111 Å². The highest BCUT2D eigenvalue weighted by atomic mass is 35.5. The number of hydroxylamine groups is 1. The van der Waals surface area contributed by atoms with Gasteiger partial charge in [0.25, 0.3) is 0 Å². The lowest BCUT2D eigenvalue weighted by molar-refractivity contribution is 0.0195. The summed E-state index contributed by atoms with van der Waals surface area (Å²) in [5.41, 5.74) is 1.92. The fourth-order valence-corrected chi connectivity index (χ4v) is 2.69. The van der Waals surface area contributed by atoms with Crippen molar-refractivity contribution in [3.05, 3.63) is 28.8 Å². The minimum atomic E-state index is -2.49. The van der Waals surface area contributed by atoms with E-state index < -0.39 is 17.0 Å². The number of carbonyl (C=O) groups is 1. The van der Waals surface area contributed by atoms with Crippen LogP contribution in [0.4, 0.5) is 0 Å². The number of morpholine rings is 1. The Hall–Kier alpha value is -1.07. The summed E-state index contributed by atoms with van der Waals surface area (Å²) in [6, 6.07) is 4.02. The number of nitrogens with zero attached hydrogens (tertiary/aromatic N) is 1. The summed E-state index contributed by atoms with van der Waals surface area (Å²) >= 11 is 3.25. The fraction of sp³-hybridized carbons (Fsp3) is 0.500. The largest absolute Gasteiger partial charge is 0.768 e. The van der Waals surface area contributed by atoms with E-state index in [4.69, 9.17) is 26.3 Å². The number of halogens is 1. The molecule has 24 heavy (non-hydrogen) atoms. The van der Waals surface area contributed by atoms with Crippen molar-refractivity contribution in [1.29, 1.82) is 0 Å². The Kier molecular flexibility index (Phi) is 10.0. The molecule has 1 heterocycles. The molecule has 0 radical (unpaired) electrons. The van der Waals surface area contributed by atoms with E-state index in [1.54, 1.807) is 5.48 Å². The van der Waals surface area contributed by atoms with E-state index in [0.29, 0.717) is 19.8 Å². The molecule has 0 bridgehead atoms. The van der Waals surface area contributed by atoms with Crippen LogP contribution in [0.3, 0.4) is 0 Å². The molecule has 1 aliphatic rings. The number of benzene rings is 1. The van der Waals surface area contributed by atoms with Crippen molar-refractivity contribution in [2.45, 2.75) is 4.90 Å². The summed E-state index contributed by atoms with van der Waals surface area (Å²) in [5.74, 6) is -0.563. The summed E-state index contributed by atoms with van der Waals surface area (Å²) in [5, 5.41) is 7.40. The average molecular weight is 380 g/mol. The van der Waals surface area contributed by atoms with E-state index in [1.165, 1.54) is 25.2 Å². The van der Waals surface area contributed by atoms with E-state index in [0.717, 1.165) is 13.1 Å². The maximum atomic E-state index is 11.9. The van der Waals surface area contributed by atoms with Gasteiger partial charge in [-0.1, -0.05) is 11.6 Å². The zero-order valence-electron chi connectivity index (χ0n) is 13.2. The Balaban J connectivity index is 0.000000891. The number of nitrogens with one attached hydrogen (secondary N) is 1. The van der Waals surface area contributed by atoms with Crippen molar-refractivity contribution in [2.24, 2.45) is 0 Å². The van der Waals surface area contributed by atoms with E-state index >= 15 is 0 Å². The highest BCUT2D eigenvalue weighted by molar-refractivity contribution is 7.79. The van der Waals surface area contributed by atoms with Gasteiger partial charge in [-0.05, 0) is 29.3 Å². The minimum Gasteiger partial charge on any atom is -0.768 e. The monoisotopic (exact) mass is 379 g/mol. The maximum Gasteiger partial charge on any atom is 0.338 e. The van der Waals surface area contributed by atoms with Gasteiger partial charge in [-0.15, -0.1) is 0 Å². The SMILES string of the molecule is CNO.O=C(OCCN1CCOCC1)c1ccc(Cl)c(S(=O)[O-])c1. The highest BCUT2D eigenvalue weighted by Crippen LogP contribution is 2.20. The Bertz CT molecular complexity index is 554. The minimum absolute atomic E-state index is 0.0770. The number of hydrogen-bond acceptors (Lipinski definition) is 8. The molecule has 1 aromatic rings. The van der Waals surface area contributed by atoms with Gasteiger partial charge in [0, 0.05) is 31.6 Å². The first-order valence-electron chi connectivity index (χ1n) is 7.16. The zero-order valence-corrected chi connectivity index (χ0v) is 14.8. The normalized spacial score (nSPS) is 16.0. The molecule has 1 saturated heterocycles. The second-order valence-electron chi connectivity index (χ2n) is 4.69. The molecule has 136 valence electrons. The quantitative estimate of drug-likeness (QED) is 0.436. The molecule has 0 aromatic heterocycles. The summed E-state index contributed by atoms with van der Waals surface area (Å²) in [6.07, 6.45) is 0. The molecule has 2 rings (SSSR count). The maximum absolute atomic E-state index is 11.9. The van der Waals surface area contributed by atoms with Crippen LogP contribution >= 0.6 is 11.6 Å². The predicted octanol–water partition coefficient (Wildman–Crippen LogP) is 0.662. The van der Waals surface area contributed by atoms with Gasteiger partial charge in [0.2, 0.25) is 0 Å². The lowest BCUT2D eigenvalue weighted by atomic mass is 10.2. The smallest absolute Gasteiger partial charge is 0.338 e. The molecule has 0 saturated carbocycles. The fourth-order valence-electron chi connectivity index (χ4n) is 1.93. The molecule has 1 aromatic carbocycles. The van der Waals surface area contributed by atoms with Crippen molar-refractivity contribution < 1.29 is 28.2 Å². The van der Waals surface area contributed by atoms with Gasteiger partial charge in [-0.3, -0.25) is 9.11 Å². The van der Waals surface area contributed by atoms with Crippen LogP contribution in [-0.2, 0) is 20.6 Å². The summed E-state index contributed by atoms with van der Waals surface area (Å²) < 4.78 is 32.3. The van der Waals surface area contributed by atoms with E-state index in [9.17, 15) is 13.6 Å². The van der Waals surface area contributed by atoms with Crippen LogP contribution in [0.5, 0.6) is 0 Å². The van der Waals surface area contributed by atoms with Gasteiger partial charge in [0.1, 0.15) is 6.61 Å². The molecule has 10 heteroatoms. The molecule has 1 atom stereocenters. The standard InChI is InChI=1S/C13H16ClNO5S.CH5NO/c14-11-2-1-10(9-12(11)21(17)18)13(16)20-8-5-15-3-6-19-7-4-15;1-2-3/h1-2,9H,3-8H2,(H,17,18);2-3H,1H3/p-1. The van der Waals surface area contributed by atoms with Gasteiger partial charge in [0.05, 0.1) is 23.8 Å². The van der Waals surface area contributed by atoms with Crippen molar-refractivity contribution in [3.8, 4) is 0 Å². The molecule has 0 aliphatic carbocycles. The summed E-state index contributed by atoms with van der Waals surface area (Å²) in [7, 11) is 1.43. The molecule has 0 amide bonds. The first-order chi connectivity index (χ1) is 11.5. The van der Waals surface area contributed by atoms with Crippen LogP contribution in [0, 0.1) is 0 Å². The van der Waals surface area contributed by atoms with Crippen LogP contribution in [0.15, 0.2) is 23.1 Å². The van der Waals surface area contributed by atoms with Crippen molar-refractivity contribution in [2.75, 3.05) is 46.5 Å². The second kappa shape index (κ2) is 11.5. The molecular formula is C14H20ClN2O6S-. The lowest BCUT2D eigenvalue weighted by Crippen LogP contribution is -2.38. The number of ether oxygens (including phenoxy) is 2. The number of carbonyl (C=O) groups excluding carboxylic acids is 1. The summed E-state index contributed by atoms with van der Waals surface area (Å²) in [4.78, 5) is 13.9. The highest BCUT2D eigenvalue weighted by Gasteiger charge is 2.13. The molecule has 1 unspecified atom stereocenters. The first-order valence-corrected chi connectivity index (χ1v) is 8.61. The van der Waals surface area contributed by atoms with Gasteiger partial charge in [-0.25, -0.2) is 10.3 Å². The Labute approximate surface area is 147 Å². The second-order valence-corrected chi connectivity index (χ2v) is 6.01. The van der Waals surface area contributed by atoms with Gasteiger partial charge < -0.3 is 19.2 Å². The van der Waals surface area contributed by atoms with Crippen molar-refractivity contribution in [1.82, 2.24) is 10.4 Å². The molecule has 1 fully saturated rings. The predicted molar refractivity (Wildman–Crippen MR) is 87.0 cm³/mol. The van der Waals surface area contributed by atoms with Crippen LogP contribution in [0.1, 0.15) is 10.4 Å². The Morgan fingerprint density at radius 3 is 2.71 bits per heavy atom. The van der Waals surface area contributed by atoms with Gasteiger partial charge >= 0.3 is 5.97 Å². The van der Waals surface area contributed by atoms with E-state index in [1.807, 2.05) is 0 Å². The van der Waals surface area contributed by atoms with Crippen LogP contribution in [0.2, 0.25) is 5.02 Å². The molecule has 0 spiro atoms. The van der Waals surface area contributed by atoms with Crippen LogP contribution in [0.25, 0.3) is 0 Å². The van der Waals surface area contributed by atoms with Crippen molar-refractivity contribution in [3.63, 3.8) is 0 Å². The molecule has 2 N–H and O–H groups in total. The third-order valence-electron chi connectivity index (χ3n) is 3.09. The average Bonchev–Trinajstić information content (AvgIpc) is 2.56. The van der Waals surface area contributed by atoms with Crippen LogP contribution < -0.4 is 5.48 Å². The van der Waals surface area contributed by atoms with E-state index in [-0.39, 0.29) is 22.1 Å². The molecule has 1 aliphatic heterocycles. The van der Waals surface area contributed by atoms with Gasteiger partial charge in [0.15, 0.2) is 0 Å². The Morgan fingerprint density at radius 1 is 1.50 bits per heavy atom. The summed E-state index contributed by atoms with van der Waals surface area (Å²) in [6.45, 7) is 3.88. The zero-order chi connectivity index (χ0) is 17.9. The third-order valence-corrected chi connectivity index (χ3v) is 4.23. The molecule has 8 nitrogen and oxygen atoms in total. The van der Waals surface area contributed by atoms with Crippen LogP contribution in [-0.4, -0.2) is 71.3 Å². The Morgan fingerprint density at radius 2 is 2.12 bits per heavy atom. The third kappa shape index (κ3) is 7.22. The number of hydrogen-bond donors (Lipinski definition) is 2. The lowest BCUT2D eigenvalue weighted by Gasteiger charge is -2.26. The first kappa shape index (κ1) is 21.0. The van der Waals surface area contributed by atoms with Crippen molar-refractivity contribution >= 4 is 28.7 Å². The van der Waals surface area contributed by atoms with Gasteiger partial charge in [-0.2, -0.15) is 0 Å². The number of rotatable bonds is 5.